The summed E-state index contributed by atoms with van der Waals surface area (Å²) in [7, 11) is 0. The van der Waals surface area contributed by atoms with E-state index in [9.17, 15) is 9.59 Å². The lowest BCUT2D eigenvalue weighted by Crippen LogP contribution is -2.15. The average Bonchev–Trinajstić information content (AvgIpc) is 2.41. The van der Waals surface area contributed by atoms with E-state index in [4.69, 9.17) is 34.8 Å². The first kappa shape index (κ1) is 14.8. The summed E-state index contributed by atoms with van der Waals surface area (Å²) >= 11 is 17.2. The Labute approximate surface area is 129 Å². The largest absolute Gasteiger partial charge is 0.306 e. The highest BCUT2D eigenvalue weighted by Gasteiger charge is 2.16. The molecule has 20 heavy (non-hydrogen) atoms. The summed E-state index contributed by atoms with van der Waals surface area (Å²) in [5.41, 5.74) is 0.276. The van der Waals surface area contributed by atoms with Gasteiger partial charge in [0.15, 0.2) is 0 Å². The molecule has 2 aromatic rings. The van der Waals surface area contributed by atoms with E-state index in [1.54, 1.807) is 6.07 Å². The van der Waals surface area contributed by atoms with Crippen LogP contribution in [-0.4, -0.2) is 16.1 Å². The van der Waals surface area contributed by atoms with Crippen LogP contribution in [0.4, 0.5) is 5.82 Å². The molecule has 0 bridgehead atoms. The van der Waals surface area contributed by atoms with Crippen molar-refractivity contribution >= 4 is 51.8 Å². The van der Waals surface area contributed by atoms with E-state index in [1.165, 1.54) is 30.5 Å². The standard InChI is InChI=1S/C13H7Cl3N2O2/c14-7-3-4-10(15)9(6-7)13(20)18-12-8(11(16)19)2-1-5-17-12/h1-6H,(H,17,18,20). The fraction of sp³-hybridized carbons (Fsp3) is 0. The molecule has 1 amide bonds. The first-order chi connectivity index (χ1) is 9.49. The van der Waals surface area contributed by atoms with Crippen LogP contribution in [0.5, 0.6) is 0 Å². The summed E-state index contributed by atoms with van der Waals surface area (Å²) in [6.45, 7) is 0. The molecular formula is C13H7Cl3N2O2. The molecule has 1 aromatic carbocycles. The molecule has 1 N–H and O–H groups in total. The normalized spacial score (nSPS) is 10.2. The van der Waals surface area contributed by atoms with E-state index in [2.05, 4.69) is 10.3 Å². The Balaban J connectivity index is 2.33. The van der Waals surface area contributed by atoms with E-state index in [0.717, 1.165) is 0 Å². The minimum atomic E-state index is -0.717. The van der Waals surface area contributed by atoms with Crippen molar-refractivity contribution < 1.29 is 9.59 Å². The monoisotopic (exact) mass is 328 g/mol. The molecule has 0 spiro atoms. The number of pyridine rings is 1. The number of aromatic nitrogens is 1. The zero-order valence-electron chi connectivity index (χ0n) is 9.86. The molecule has 102 valence electrons. The molecule has 0 aliphatic carbocycles. The van der Waals surface area contributed by atoms with Crippen molar-refractivity contribution in [3.8, 4) is 0 Å². The second-order valence-corrected chi connectivity index (χ2v) is 4.94. The average molecular weight is 330 g/mol. The molecule has 0 atom stereocenters. The number of rotatable bonds is 3. The van der Waals surface area contributed by atoms with Crippen molar-refractivity contribution in [1.82, 2.24) is 4.98 Å². The SMILES string of the molecule is O=C(Nc1ncccc1C(=O)Cl)c1cc(Cl)ccc1Cl. The number of carbonyl (C=O) groups is 2. The van der Waals surface area contributed by atoms with Gasteiger partial charge in [0, 0.05) is 11.2 Å². The predicted molar refractivity (Wildman–Crippen MR) is 78.8 cm³/mol. The molecule has 0 fully saturated rings. The van der Waals surface area contributed by atoms with Crippen LogP contribution in [0.1, 0.15) is 20.7 Å². The zero-order valence-corrected chi connectivity index (χ0v) is 12.1. The predicted octanol–water partition coefficient (Wildman–Crippen LogP) is 4.02. The topological polar surface area (TPSA) is 59.1 Å². The third-order valence-corrected chi connectivity index (χ3v) is 3.19. The Kier molecular flexibility index (Phi) is 4.60. The van der Waals surface area contributed by atoms with Gasteiger partial charge in [0.2, 0.25) is 0 Å². The number of benzene rings is 1. The van der Waals surface area contributed by atoms with Crippen LogP contribution < -0.4 is 5.32 Å². The summed E-state index contributed by atoms with van der Waals surface area (Å²) in [6.07, 6.45) is 1.43. The lowest BCUT2D eigenvalue weighted by molar-refractivity contribution is 0.102. The number of carbonyl (C=O) groups excluding carboxylic acids is 2. The first-order valence-electron chi connectivity index (χ1n) is 5.40. The summed E-state index contributed by atoms with van der Waals surface area (Å²) in [6, 6.07) is 7.49. The Bertz CT molecular complexity index is 689. The van der Waals surface area contributed by atoms with Crippen LogP contribution in [0.25, 0.3) is 0 Å². The molecule has 1 aromatic heterocycles. The second kappa shape index (κ2) is 6.22. The Hall–Kier alpha value is -1.62. The summed E-state index contributed by atoms with van der Waals surface area (Å²) < 4.78 is 0. The lowest BCUT2D eigenvalue weighted by atomic mass is 10.2. The summed E-state index contributed by atoms with van der Waals surface area (Å²) in [5.74, 6) is -0.469. The Morgan fingerprint density at radius 2 is 1.85 bits per heavy atom. The molecule has 2 rings (SSSR count). The zero-order chi connectivity index (χ0) is 14.7. The maximum absolute atomic E-state index is 12.1. The molecule has 0 aliphatic heterocycles. The molecule has 0 aliphatic rings. The van der Waals surface area contributed by atoms with Crippen molar-refractivity contribution in [3.05, 3.63) is 57.7 Å². The van der Waals surface area contributed by atoms with Gasteiger partial charge in [-0.1, -0.05) is 23.2 Å². The van der Waals surface area contributed by atoms with Crippen LogP contribution in [0.3, 0.4) is 0 Å². The van der Waals surface area contributed by atoms with Crippen molar-refractivity contribution in [3.63, 3.8) is 0 Å². The molecule has 0 unspecified atom stereocenters. The summed E-state index contributed by atoms with van der Waals surface area (Å²) in [5, 5.41) is 2.37. The molecule has 7 heteroatoms. The Morgan fingerprint density at radius 1 is 1.10 bits per heavy atom. The summed E-state index contributed by atoms with van der Waals surface area (Å²) in [4.78, 5) is 27.2. The van der Waals surface area contributed by atoms with Crippen molar-refractivity contribution in [2.24, 2.45) is 0 Å². The van der Waals surface area contributed by atoms with Gasteiger partial charge in [-0.2, -0.15) is 0 Å². The van der Waals surface area contributed by atoms with Gasteiger partial charge in [-0.25, -0.2) is 4.98 Å². The maximum atomic E-state index is 12.1. The van der Waals surface area contributed by atoms with Gasteiger partial charge in [0.05, 0.1) is 16.1 Å². The number of amides is 1. The van der Waals surface area contributed by atoms with E-state index in [1.807, 2.05) is 0 Å². The van der Waals surface area contributed by atoms with Crippen LogP contribution >= 0.6 is 34.8 Å². The van der Waals surface area contributed by atoms with Gasteiger partial charge in [-0.05, 0) is 41.9 Å². The van der Waals surface area contributed by atoms with Gasteiger partial charge >= 0.3 is 0 Å². The first-order valence-corrected chi connectivity index (χ1v) is 6.53. The molecule has 4 nitrogen and oxygen atoms in total. The third-order valence-electron chi connectivity index (χ3n) is 2.42. The number of halogens is 3. The van der Waals surface area contributed by atoms with E-state index in [-0.39, 0.29) is 22.0 Å². The molecule has 0 saturated carbocycles. The fourth-order valence-corrected chi connectivity index (χ4v) is 2.04. The van der Waals surface area contributed by atoms with Crippen LogP contribution in [0.2, 0.25) is 10.0 Å². The maximum Gasteiger partial charge on any atom is 0.258 e. The van der Waals surface area contributed by atoms with Crippen molar-refractivity contribution in [1.29, 1.82) is 0 Å². The smallest absolute Gasteiger partial charge is 0.258 e. The van der Waals surface area contributed by atoms with Gasteiger partial charge < -0.3 is 5.32 Å². The fourth-order valence-electron chi connectivity index (χ4n) is 1.51. The Morgan fingerprint density at radius 3 is 2.55 bits per heavy atom. The minimum absolute atomic E-state index is 0.0635. The van der Waals surface area contributed by atoms with E-state index in [0.29, 0.717) is 5.02 Å². The van der Waals surface area contributed by atoms with E-state index < -0.39 is 11.1 Å². The number of hydrogen-bond acceptors (Lipinski definition) is 3. The molecule has 0 radical (unpaired) electrons. The number of hydrogen-bond donors (Lipinski definition) is 1. The van der Waals surface area contributed by atoms with Crippen molar-refractivity contribution in [2.45, 2.75) is 0 Å². The number of nitrogens with one attached hydrogen (secondary N) is 1. The van der Waals surface area contributed by atoms with Crippen molar-refractivity contribution in [2.75, 3.05) is 5.32 Å². The van der Waals surface area contributed by atoms with Gasteiger partial charge in [0.1, 0.15) is 5.82 Å². The van der Waals surface area contributed by atoms with Crippen LogP contribution in [-0.2, 0) is 0 Å². The molecule has 1 heterocycles. The molecule has 0 saturated heterocycles. The third kappa shape index (κ3) is 3.28. The highest BCUT2D eigenvalue weighted by atomic mass is 35.5. The highest BCUT2D eigenvalue weighted by Crippen LogP contribution is 2.22. The highest BCUT2D eigenvalue weighted by molar-refractivity contribution is 6.68. The molecular weight excluding hydrogens is 323 g/mol. The van der Waals surface area contributed by atoms with Crippen LogP contribution in [0.15, 0.2) is 36.5 Å². The van der Waals surface area contributed by atoms with Gasteiger partial charge in [0.25, 0.3) is 11.1 Å². The van der Waals surface area contributed by atoms with Gasteiger partial charge in [-0.15, -0.1) is 0 Å². The van der Waals surface area contributed by atoms with Crippen LogP contribution in [0, 0.1) is 0 Å². The number of nitrogens with zero attached hydrogens (tertiary/aromatic N) is 1. The van der Waals surface area contributed by atoms with Gasteiger partial charge in [-0.3, -0.25) is 9.59 Å². The van der Waals surface area contributed by atoms with E-state index >= 15 is 0 Å². The lowest BCUT2D eigenvalue weighted by Gasteiger charge is -2.08. The minimum Gasteiger partial charge on any atom is -0.306 e. The number of anilines is 1. The second-order valence-electron chi connectivity index (χ2n) is 3.75. The quantitative estimate of drug-likeness (QED) is 0.865.